The fourth-order valence-electron chi connectivity index (χ4n) is 3.32. The molecule has 1 aliphatic heterocycles. The van der Waals surface area contributed by atoms with E-state index < -0.39 is 0 Å². The Balaban J connectivity index is 1.22. The van der Waals surface area contributed by atoms with E-state index in [-0.39, 0.29) is 18.6 Å². The summed E-state index contributed by atoms with van der Waals surface area (Å²) in [6, 6.07) is 25.1. The summed E-state index contributed by atoms with van der Waals surface area (Å²) in [7, 11) is 0. The zero-order chi connectivity index (χ0) is 20.6. The highest BCUT2D eigenvalue weighted by atomic mass is 16.5. The first-order valence-electron chi connectivity index (χ1n) is 10.2. The maximum absolute atomic E-state index is 12.2. The summed E-state index contributed by atoms with van der Waals surface area (Å²) in [4.78, 5) is 12.2. The number of carbonyl (C=O) groups excluding carboxylic acids is 1. The third-order valence-electron chi connectivity index (χ3n) is 4.93. The first kappa shape index (κ1) is 20.0. The van der Waals surface area contributed by atoms with Crippen LogP contribution in [0.25, 0.3) is 11.1 Å². The molecule has 1 N–H and O–H groups in total. The van der Waals surface area contributed by atoms with Gasteiger partial charge in [-0.25, -0.2) is 0 Å². The molecule has 1 atom stereocenters. The van der Waals surface area contributed by atoms with Gasteiger partial charge in [0.15, 0.2) is 6.61 Å². The molecule has 0 aromatic heterocycles. The minimum absolute atomic E-state index is 0.0536. The third kappa shape index (κ3) is 5.61. The Bertz CT molecular complexity index is 933. The minimum atomic E-state index is -0.213. The molecule has 30 heavy (non-hydrogen) atoms. The van der Waals surface area contributed by atoms with E-state index in [0.29, 0.717) is 18.0 Å². The summed E-state index contributed by atoms with van der Waals surface area (Å²) in [6.07, 6.45) is 2.32. The Morgan fingerprint density at radius 3 is 2.23 bits per heavy atom. The normalized spacial score (nSPS) is 15.5. The smallest absolute Gasteiger partial charge is 0.262 e. The molecule has 1 saturated heterocycles. The lowest BCUT2D eigenvalue weighted by molar-refractivity contribution is -0.118. The first-order valence-corrected chi connectivity index (χ1v) is 10.2. The van der Waals surface area contributed by atoms with E-state index in [2.05, 4.69) is 17.4 Å². The summed E-state index contributed by atoms with van der Waals surface area (Å²) < 4.78 is 16.9. The van der Waals surface area contributed by atoms with Gasteiger partial charge in [-0.2, -0.15) is 0 Å². The quantitative estimate of drug-likeness (QED) is 0.579. The summed E-state index contributed by atoms with van der Waals surface area (Å²) in [6.45, 7) is 1.32. The van der Waals surface area contributed by atoms with Gasteiger partial charge in [0.25, 0.3) is 5.91 Å². The van der Waals surface area contributed by atoms with Crippen LogP contribution in [0.1, 0.15) is 12.8 Å². The zero-order valence-corrected chi connectivity index (χ0v) is 16.8. The number of hydrogen-bond acceptors (Lipinski definition) is 4. The molecular formula is C25H25NO4. The number of nitrogens with one attached hydrogen (secondary N) is 1. The van der Waals surface area contributed by atoms with E-state index in [1.807, 2.05) is 66.7 Å². The van der Waals surface area contributed by atoms with E-state index in [0.717, 1.165) is 36.3 Å². The SMILES string of the molecule is O=C(COc1ccc(-c2ccccc2)cc1)Nc1ccc(OC[C@@H]2CCCO2)cc1. The molecule has 1 amide bonds. The van der Waals surface area contributed by atoms with Crippen molar-refractivity contribution in [1.82, 2.24) is 0 Å². The second-order valence-corrected chi connectivity index (χ2v) is 7.20. The first-order chi connectivity index (χ1) is 14.8. The Labute approximate surface area is 176 Å². The van der Waals surface area contributed by atoms with Crippen LogP contribution in [0.2, 0.25) is 0 Å². The van der Waals surface area contributed by atoms with E-state index >= 15 is 0 Å². The highest BCUT2D eigenvalue weighted by Gasteiger charge is 2.15. The van der Waals surface area contributed by atoms with Gasteiger partial charge < -0.3 is 19.5 Å². The fourth-order valence-corrected chi connectivity index (χ4v) is 3.32. The van der Waals surface area contributed by atoms with Crippen molar-refractivity contribution < 1.29 is 19.0 Å². The van der Waals surface area contributed by atoms with Crippen molar-refractivity contribution >= 4 is 11.6 Å². The van der Waals surface area contributed by atoms with Crippen LogP contribution < -0.4 is 14.8 Å². The number of benzene rings is 3. The molecule has 4 rings (SSSR count). The summed E-state index contributed by atoms with van der Waals surface area (Å²) in [5.41, 5.74) is 2.95. The summed E-state index contributed by atoms with van der Waals surface area (Å²) in [5, 5.41) is 2.83. The number of rotatable bonds is 8. The molecule has 0 bridgehead atoms. The molecule has 1 heterocycles. The molecule has 0 spiro atoms. The largest absolute Gasteiger partial charge is 0.491 e. The van der Waals surface area contributed by atoms with E-state index in [1.54, 1.807) is 0 Å². The van der Waals surface area contributed by atoms with Crippen molar-refractivity contribution in [1.29, 1.82) is 0 Å². The van der Waals surface area contributed by atoms with Crippen molar-refractivity contribution in [3.05, 3.63) is 78.9 Å². The van der Waals surface area contributed by atoms with Crippen molar-refractivity contribution in [3.63, 3.8) is 0 Å². The van der Waals surface area contributed by atoms with Crippen molar-refractivity contribution in [3.8, 4) is 22.6 Å². The molecule has 1 fully saturated rings. The van der Waals surface area contributed by atoms with Gasteiger partial charge in [-0.1, -0.05) is 42.5 Å². The molecule has 0 unspecified atom stereocenters. The Morgan fingerprint density at radius 2 is 1.53 bits per heavy atom. The molecule has 1 aliphatic rings. The van der Waals surface area contributed by atoms with E-state index in [4.69, 9.17) is 14.2 Å². The van der Waals surface area contributed by atoms with Gasteiger partial charge in [-0.15, -0.1) is 0 Å². The molecule has 3 aromatic rings. The molecule has 5 nitrogen and oxygen atoms in total. The minimum Gasteiger partial charge on any atom is -0.491 e. The maximum atomic E-state index is 12.2. The highest BCUT2D eigenvalue weighted by Crippen LogP contribution is 2.22. The number of carbonyl (C=O) groups is 1. The van der Waals surface area contributed by atoms with E-state index in [1.165, 1.54) is 0 Å². The average Bonchev–Trinajstić information content (AvgIpc) is 3.32. The molecule has 5 heteroatoms. The molecule has 0 aliphatic carbocycles. The molecular weight excluding hydrogens is 378 g/mol. The standard InChI is InChI=1S/C25H25NO4/c27-25(18-30-22-12-8-20(9-13-22)19-5-2-1-3-6-19)26-21-10-14-23(15-11-21)29-17-24-7-4-16-28-24/h1-3,5-6,8-15,24H,4,7,16-18H2,(H,26,27)/t24-/m0/s1. The van der Waals surface area contributed by atoms with Gasteiger partial charge in [0.05, 0.1) is 6.10 Å². The fraction of sp³-hybridized carbons (Fsp3) is 0.240. The van der Waals surface area contributed by atoms with Gasteiger partial charge in [-0.05, 0) is 60.4 Å². The number of amides is 1. The Kier molecular flexibility index (Phi) is 6.62. The van der Waals surface area contributed by atoms with Gasteiger partial charge in [0.2, 0.25) is 0 Å². The van der Waals surface area contributed by atoms with Crippen molar-refractivity contribution in [2.75, 3.05) is 25.1 Å². The van der Waals surface area contributed by atoms with Crippen LogP contribution in [0.4, 0.5) is 5.69 Å². The molecule has 0 radical (unpaired) electrons. The summed E-state index contributed by atoms with van der Waals surface area (Å²) in [5.74, 6) is 1.20. The maximum Gasteiger partial charge on any atom is 0.262 e. The van der Waals surface area contributed by atoms with Crippen LogP contribution in [0.15, 0.2) is 78.9 Å². The Hall–Kier alpha value is -3.31. The van der Waals surface area contributed by atoms with Crippen molar-refractivity contribution in [2.45, 2.75) is 18.9 Å². The van der Waals surface area contributed by atoms with Crippen LogP contribution in [-0.2, 0) is 9.53 Å². The van der Waals surface area contributed by atoms with Crippen LogP contribution in [0, 0.1) is 0 Å². The predicted octanol–water partition coefficient (Wildman–Crippen LogP) is 4.93. The van der Waals surface area contributed by atoms with Gasteiger partial charge in [-0.3, -0.25) is 4.79 Å². The van der Waals surface area contributed by atoms with Crippen LogP contribution in [0.5, 0.6) is 11.5 Å². The zero-order valence-electron chi connectivity index (χ0n) is 16.8. The van der Waals surface area contributed by atoms with Crippen LogP contribution in [0.3, 0.4) is 0 Å². The molecule has 154 valence electrons. The summed E-state index contributed by atoms with van der Waals surface area (Å²) >= 11 is 0. The van der Waals surface area contributed by atoms with Crippen LogP contribution >= 0.6 is 0 Å². The van der Waals surface area contributed by atoms with Gasteiger partial charge in [0, 0.05) is 12.3 Å². The highest BCUT2D eigenvalue weighted by molar-refractivity contribution is 5.91. The lowest BCUT2D eigenvalue weighted by Gasteiger charge is -2.12. The second kappa shape index (κ2) is 9.94. The van der Waals surface area contributed by atoms with Gasteiger partial charge in [0.1, 0.15) is 18.1 Å². The number of hydrogen-bond donors (Lipinski definition) is 1. The third-order valence-corrected chi connectivity index (χ3v) is 4.93. The van der Waals surface area contributed by atoms with Crippen LogP contribution in [-0.4, -0.2) is 31.8 Å². The van der Waals surface area contributed by atoms with Gasteiger partial charge >= 0.3 is 0 Å². The Morgan fingerprint density at radius 1 is 0.867 bits per heavy atom. The molecule has 3 aromatic carbocycles. The number of anilines is 1. The second-order valence-electron chi connectivity index (χ2n) is 7.20. The number of ether oxygens (including phenoxy) is 3. The lowest BCUT2D eigenvalue weighted by atomic mass is 10.1. The lowest BCUT2D eigenvalue weighted by Crippen LogP contribution is -2.20. The topological polar surface area (TPSA) is 56.8 Å². The van der Waals surface area contributed by atoms with Crippen molar-refractivity contribution in [2.24, 2.45) is 0 Å². The predicted molar refractivity (Wildman–Crippen MR) is 117 cm³/mol. The average molecular weight is 403 g/mol. The molecule has 0 saturated carbocycles. The monoisotopic (exact) mass is 403 g/mol. The van der Waals surface area contributed by atoms with E-state index in [9.17, 15) is 4.79 Å².